The fraction of sp³-hybridized carbons (Fsp3) is 0.308. The van der Waals surface area contributed by atoms with Gasteiger partial charge in [-0.1, -0.05) is 6.07 Å². The number of hydrogen-bond donors (Lipinski definition) is 2. The number of aliphatic hydroxyl groups is 1. The van der Waals surface area contributed by atoms with Gasteiger partial charge in [-0.3, -0.25) is 4.98 Å². The smallest absolute Gasteiger partial charge is 0.101 e. The first-order chi connectivity index (χ1) is 8.22. The van der Waals surface area contributed by atoms with Gasteiger partial charge >= 0.3 is 0 Å². The number of hydrogen-bond acceptors (Lipinski definition) is 4. The maximum Gasteiger partial charge on any atom is 0.101 e. The minimum atomic E-state index is -0.688. The number of nitrogens with two attached hydrogens (primary N) is 1. The molecule has 0 saturated carbocycles. The normalized spacial score (nSPS) is 14.5. The summed E-state index contributed by atoms with van der Waals surface area (Å²) >= 11 is 0. The summed E-state index contributed by atoms with van der Waals surface area (Å²) in [5.74, 6) is 0.559. The van der Waals surface area contributed by atoms with E-state index in [0.717, 1.165) is 17.0 Å². The molecule has 0 saturated heterocycles. The number of aliphatic hydroxyl groups excluding tert-OH is 1. The maximum atomic E-state index is 10.3. The third kappa shape index (κ3) is 2.54. The Morgan fingerprint density at radius 3 is 2.82 bits per heavy atom. The van der Waals surface area contributed by atoms with Crippen molar-refractivity contribution in [3.05, 3.63) is 53.7 Å². The van der Waals surface area contributed by atoms with Crippen molar-refractivity contribution < 1.29 is 9.52 Å². The molecule has 0 amide bonds. The number of rotatable bonds is 4. The second-order valence-corrected chi connectivity index (χ2v) is 4.03. The van der Waals surface area contributed by atoms with Gasteiger partial charge in [0.1, 0.15) is 5.76 Å². The van der Waals surface area contributed by atoms with Crippen LogP contribution >= 0.6 is 0 Å². The lowest BCUT2D eigenvalue weighted by atomic mass is 9.94. The lowest BCUT2D eigenvalue weighted by Crippen LogP contribution is -2.20. The van der Waals surface area contributed by atoms with E-state index in [4.69, 9.17) is 10.2 Å². The highest BCUT2D eigenvalue weighted by molar-refractivity contribution is 5.21. The van der Waals surface area contributed by atoms with Crippen LogP contribution < -0.4 is 5.73 Å². The lowest BCUT2D eigenvalue weighted by molar-refractivity contribution is 0.145. The number of furan rings is 1. The summed E-state index contributed by atoms with van der Waals surface area (Å²) in [6, 6.07) is 7.41. The van der Waals surface area contributed by atoms with Crippen LogP contribution in [0.3, 0.4) is 0 Å². The molecule has 2 rings (SSSR count). The minimum Gasteiger partial charge on any atom is -0.469 e. The van der Waals surface area contributed by atoms with Gasteiger partial charge in [0.25, 0.3) is 0 Å². The Balaban J connectivity index is 2.25. The molecule has 0 aliphatic carbocycles. The molecule has 4 nitrogen and oxygen atoms in total. The van der Waals surface area contributed by atoms with Crippen molar-refractivity contribution in [2.24, 2.45) is 5.73 Å². The molecule has 17 heavy (non-hydrogen) atoms. The topological polar surface area (TPSA) is 72.3 Å². The predicted molar refractivity (Wildman–Crippen MR) is 64.4 cm³/mol. The first-order valence-corrected chi connectivity index (χ1v) is 5.56. The number of aromatic nitrogens is 1. The Morgan fingerprint density at radius 2 is 2.29 bits per heavy atom. The molecule has 2 unspecified atom stereocenters. The molecule has 0 aliphatic rings. The van der Waals surface area contributed by atoms with Crippen LogP contribution in [0, 0.1) is 6.92 Å². The van der Waals surface area contributed by atoms with E-state index in [-0.39, 0.29) is 5.92 Å². The Hall–Kier alpha value is -1.65. The predicted octanol–water partition coefficient (Wildman–Crippen LogP) is 1.76. The minimum absolute atomic E-state index is 0.215. The van der Waals surface area contributed by atoms with Crippen LogP contribution in [0.15, 0.2) is 41.1 Å². The Labute approximate surface area is 100 Å². The molecule has 0 radical (unpaired) electrons. The molecule has 0 spiro atoms. The zero-order valence-corrected chi connectivity index (χ0v) is 9.71. The van der Waals surface area contributed by atoms with Crippen molar-refractivity contribution in [3.63, 3.8) is 0 Å². The summed E-state index contributed by atoms with van der Waals surface area (Å²) in [6.45, 7) is 2.18. The first-order valence-electron chi connectivity index (χ1n) is 5.56. The summed E-state index contributed by atoms with van der Waals surface area (Å²) < 4.78 is 5.19. The van der Waals surface area contributed by atoms with E-state index < -0.39 is 6.10 Å². The van der Waals surface area contributed by atoms with E-state index in [2.05, 4.69) is 4.98 Å². The fourth-order valence-electron chi connectivity index (χ4n) is 1.86. The van der Waals surface area contributed by atoms with Crippen LogP contribution in [0.5, 0.6) is 0 Å². The summed E-state index contributed by atoms with van der Waals surface area (Å²) in [5, 5.41) is 10.3. The van der Waals surface area contributed by atoms with E-state index in [1.54, 1.807) is 12.5 Å². The van der Waals surface area contributed by atoms with Crippen molar-refractivity contribution >= 4 is 0 Å². The molecule has 4 heteroatoms. The number of nitrogens with zero attached hydrogens (tertiary/aromatic N) is 1. The standard InChI is InChI=1S/C13H16N2O2/c1-9-6-10(8-17-9)13(16)11(7-14)12-4-2-3-5-15-12/h2-6,8,11,13,16H,7,14H2,1H3. The zero-order chi connectivity index (χ0) is 12.3. The van der Waals surface area contributed by atoms with Crippen molar-refractivity contribution in [1.82, 2.24) is 4.98 Å². The third-order valence-electron chi connectivity index (χ3n) is 2.80. The number of aryl methyl sites for hydroxylation is 1. The lowest BCUT2D eigenvalue weighted by Gasteiger charge is -2.19. The molecule has 0 aliphatic heterocycles. The second-order valence-electron chi connectivity index (χ2n) is 4.03. The average Bonchev–Trinajstić information content (AvgIpc) is 2.78. The van der Waals surface area contributed by atoms with Gasteiger partial charge in [0.05, 0.1) is 12.4 Å². The van der Waals surface area contributed by atoms with Crippen LogP contribution in [0.2, 0.25) is 0 Å². The van der Waals surface area contributed by atoms with Crippen LogP contribution in [-0.4, -0.2) is 16.6 Å². The Morgan fingerprint density at radius 1 is 1.47 bits per heavy atom. The molecule has 2 heterocycles. The zero-order valence-electron chi connectivity index (χ0n) is 9.71. The highest BCUT2D eigenvalue weighted by atomic mass is 16.3. The maximum absolute atomic E-state index is 10.3. The van der Waals surface area contributed by atoms with E-state index in [1.807, 2.05) is 31.2 Å². The van der Waals surface area contributed by atoms with E-state index in [9.17, 15) is 5.11 Å². The molecule has 0 bridgehead atoms. The number of pyridine rings is 1. The first kappa shape index (κ1) is 11.8. The summed E-state index contributed by atoms with van der Waals surface area (Å²) in [4.78, 5) is 4.23. The van der Waals surface area contributed by atoms with Gasteiger partial charge in [-0.15, -0.1) is 0 Å². The van der Waals surface area contributed by atoms with Gasteiger partial charge in [0.15, 0.2) is 0 Å². The molecule has 3 N–H and O–H groups in total. The Bertz CT molecular complexity index is 467. The van der Waals surface area contributed by atoms with E-state index >= 15 is 0 Å². The van der Waals surface area contributed by atoms with Crippen LogP contribution in [0.25, 0.3) is 0 Å². The second kappa shape index (κ2) is 5.12. The van der Waals surface area contributed by atoms with Crippen LogP contribution in [0.1, 0.15) is 29.0 Å². The van der Waals surface area contributed by atoms with Crippen molar-refractivity contribution in [2.45, 2.75) is 18.9 Å². The molecular formula is C13H16N2O2. The average molecular weight is 232 g/mol. The van der Waals surface area contributed by atoms with Gasteiger partial charge in [0, 0.05) is 29.9 Å². The van der Waals surface area contributed by atoms with Crippen LogP contribution in [0.4, 0.5) is 0 Å². The molecule has 2 aromatic rings. The fourth-order valence-corrected chi connectivity index (χ4v) is 1.86. The van der Waals surface area contributed by atoms with E-state index in [1.165, 1.54) is 0 Å². The molecule has 2 atom stereocenters. The SMILES string of the molecule is Cc1cc(C(O)C(CN)c2ccccn2)co1. The quantitative estimate of drug-likeness (QED) is 0.842. The van der Waals surface area contributed by atoms with Gasteiger partial charge in [-0.05, 0) is 25.1 Å². The van der Waals surface area contributed by atoms with Crippen molar-refractivity contribution in [3.8, 4) is 0 Å². The largest absolute Gasteiger partial charge is 0.469 e. The molecule has 0 aromatic carbocycles. The van der Waals surface area contributed by atoms with Crippen molar-refractivity contribution in [1.29, 1.82) is 0 Å². The summed E-state index contributed by atoms with van der Waals surface area (Å²) in [7, 11) is 0. The summed E-state index contributed by atoms with van der Waals surface area (Å²) in [6.07, 6.45) is 2.57. The van der Waals surface area contributed by atoms with Gasteiger partial charge in [0.2, 0.25) is 0 Å². The summed E-state index contributed by atoms with van der Waals surface area (Å²) in [5.41, 5.74) is 7.25. The highest BCUT2D eigenvalue weighted by Gasteiger charge is 2.23. The van der Waals surface area contributed by atoms with Gasteiger partial charge in [-0.25, -0.2) is 0 Å². The highest BCUT2D eigenvalue weighted by Crippen LogP contribution is 2.29. The molecule has 0 fully saturated rings. The third-order valence-corrected chi connectivity index (χ3v) is 2.80. The molecular weight excluding hydrogens is 216 g/mol. The molecule has 2 aromatic heterocycles. The van der Waals surface area contributed by atoms with Crippen LogP contribution in [-0.2, 0) is 0 Å². The molecule has 90 valence electrons. The van der Waals surface area contributed by atoms with Crippen molar-refractivity contribution in [2.75, 3.05) is 6.54 Å². The Kier molecular flexibility index (Phi) is 3.56. The van der Waals surface area contributed by atoms with Gasteiger partial charge in [-0.2, -0.15) is 0 Å². The van der Waals surface area contributed by atoms with E-state index in [0.29, 0.717) is 6.54 Å². The van der Waals surface area contributed by atoms with Gasteiger partial charge < -0.3 is 15.3 Å². The monoisotopic (exact) mass is 232 g/mol.